The number of nitrogens with zero attached hydrogens (tertiary/aromatic N) is 4. The number of amides is 1. The van der Waals surface area contributed by atoms with E-state index in [9.17, 15) is 4.79 Å². The molecule has 3 heterocycles. The van der Waals surface area contributed by atoms with Crippen LogP contribution in [0.4, 0.5) is 0 Å². The number of pyridine rings is 1. The van der Waals surface area contributed by atoms with Gasteiger partial charge in [0, 0.05) is 30.2 Å². The van der Waals surface area contributed by atoms with E-state index in [1.165, 1.54) is 0 Å². The zero-order valence-corrected chi connectivity index (χ0v) is 16.8. The molecular weight excluding hydrogens is 376 g/mol. The molecule has 146 valence electrons. The van der Waals surface area contributed by atoms with Gasteiger partial charge in [-0.1, -0.05) is 17.7 Å². The molecule has 0 spiro atoms. The number of aryl methyl sites for hydroxylation is 1. The van der Waals surface area contributed by atoms with Crippen molar-refractivity contribution in [3.8, 4) is 5.75 Å². The number of rotatable bonds is 4. The van der Waals surface area contributed by atoms with Crippen LogP contribution in [0.3, 0.4) is 0 Å². The molecular formula is C21H23ClN4O2. The molecule has 0 bridgehead atoms. The molecule has 7 heteroatoms. The van der Waals surface area contributed by atoms with Crippen LogP contribution >= 0.6 is 11.6 Å². The van der Waals surface area contributed by atoms with Crippen LogP contribution in [-0.2, 0) is 4.79 Å². The zero-order valence-electron chi connectivity index (χ0n) is 16.0. The van der Waals surface area contributed by atoms with Gasteiger partial charge in [-0.15, -0.1) is 10.2 Å². The molecule has 3 aromatic rings. The quantitative estimate of drug-likeness (QED) is 0.669. The number of likely N-dealkylation sites (tertiary alicyclic amines) is 1. The lowest BCUT2D eigenvalue weighted by Gasteiger charge is -2.33. The van der Waals surface area contributed by atoms with Crippen LogP contribution in [0.5, 0.6) is 5.75 Å². The predicted molar refractivity (Wildman–Crippen MR) is 108 cm³/mol. The van der Waals surface area contributed by atoms with Crippen molar-refractivity contribution in [3.05, 3.63) is 59.0 Å². The van der Waals surface area contributed by atoms with Crippen molar-refractivity contribution in [2.24, 2.45) is 0 Å². The van der Waals surface area contributed by atoms with Gasteiger partial charge in [-0.05, 0) is 62.6 Å². The Balaban J connectivity index is 1.47. The average molecular weight is 399 g/mol. The van der Waals surface area contributed by atoms with Crippen molar-refractivity contribution in [2.75, 3.05) is 13.1 Å². The largest absolute Gasteiger partial charge is 0.481 e. The number of piperidine rings is 1. The van der Waals surface area contributed by atoms with E-state index in [-0.39, 0.29) is 11.8 Å². The van der Waals surface area contributed by atoms with Crippen molar-refractivity contribution in [2.45, 2.75) is 38.7 Å². The summed E-state index contributed by atoms with van der Waals surface area (Å²) < 4.78 is 7.94. The lowest BCUT2D eigenvalue weighted by molar-refractivity contribution is -0.139. The van der Waals surface area contributed by atoms with Gasteiger partial charge in [0.25, 0.3) is 5.91 Å². The number of aromatic nitrogens is 3. The maximum Gasteiger partial charge on any atom is 0.263 e. The second-order valence-electron chi connectivity index (χ2n) is 7.28. The summed E-state index contributed by atoms with van der Waals surface area (Å²) in [7, 11) is 0. The molecule has 2 aromatic heterocycles. The third-order valence-corrected chi connectivity index (χ3v) is 5.46. The molecule has 6 nitrogen and oxygen atoms in total. The molecule has 1 aliphatic rings. The van der Waals surface area contributed by atoms with E-state index in [1.54, 1.807) is 13.0 Å². The third kappa shape index (κ3) is 3.69. The summed E-state index contributed by atoms with van der Waals surface area (Å²) in [5, 5.41) is 9.28. The Bertz CT molecular complexity index is 1000. The number of carbonyl (C=O) groups excluding carboxylic acids is 1. The van der Waals surface area contributed by atoms with E-state index in [4.69, 9.17) is 16.3 Å². The second-order valence-corrected chi connectivity index (χ2v) is 7.72. The highest BCUT2D eigenvalue weighted by molar-refractivity contribution is 6.30. The summed E-state index contributed by atoms with van der Waals surface area (Å²) in [4.78, 5) is 14.9. The lowest BCUT2D eigenvalue weighted by Crippen LogP contribution is -2.45. The van der Waals surface area contributed by atoms with Crippen LogP contribution < -0.4 is 4.74 Å². The third-order valence-electron chi connectivity index (χ3n) is 5.23. The summed E-state index contributed by atoms with van der Waals surface area (Å²) in [5.74, 6) is 1.75. The van der Waals surface area contributed by atoms with E-state index in [2.05, 4.69) is 10.2 Å². The van der Waals surface area contributed by atoms with E-state index in [0.717, 1.165) is 36.4 Å². The number of benzene rings is 1. The van der Waals surface area contributed by atoms with E-state index >= 15 is 0 Å². The Kier molecular flexibility index (Phi) is 5.22. The molecule has 28 heavy (non-hydrogen) atoms. The Morgan fingerprint density at radius 2 is 2.14 bits per heavy atom. The Morgan fingerprint density at radius 1 is 1.29 bits per heavy atom. The summed E-state index contributed by atoms with van der Waals surface area (Å²) >= 11 is 6.00. The van der Waals surface area contributed by atoms with Gasteiger partial charge in [-0.2, -0.15) is 0 Å². The van der Waals surface area contributed by atoms with Crippen molar-refractivity contribution in [3.63, 3.8) is 0 Å². The standard InChI is InChI=1S/C21H23ClN4O2/c1-14-12-17(22)8-9-18(14)28-15(2)21(27)25-10-5-6-16(13-25)20-24-23-19-7-3-4-11-26(19)20/h3-4,7-9,11-12,15-16H,5-6,10,13H2,1-2H3. The first-order chi connectivity index (χ1) is 13.5. The number of hydrogen-bond donors (Lipinski definition) is 0. The predicted octanol–water partition coefficient (Wildman–Crippen LogP) is 3.86. The van der Waals surface area contributed by atoms with Gasteiger partial charge in [-0.25, -0.2) is 0 Å². The summed E-state index contributed by atoms with van der Waals surface area (Å²) in [5.41, 5.74) is 1.74. The van der Waals surface area contributed by atoms with Crippen LogP contribution in [0.2, 0.25) is 5.02 Å². The fraction of sp³-hybridized carbons (Fsp3) is 0.381. The first-order valence-corrected chi connectivity index (χ1v) is 9.92. The van der Waals surface area contributed by atoms with Crippen LogP contribution in [0, 0.1) is 6.92 Å². The minimum Gasteiger partial charge on any atom is -0.481 e. The zero-order chi connectivity index (χ0) is 19.7. The van der Waals surface area contributed by atoms with E-state index in [0.29, 0.717) is 17.3 Å². The first kappa shape index (κ1) is 18.7. The number of carbonyl (C=O) groups is 1. The van der Waals surface area contributed by atoms with Crippen molar-refractivity contribution in [1.82, 2.24) is 19.5 Å². The SMILES string of the molecule is Cc1cc(Cl)ccc1OC(C)C(=O)N1CCCC(c2nnc3ccccn23)C1. The van der Waals surface area contributed by atoms with Crippen molar-refractivity contribution in [1.29, 1.82) is 0 Å². The summed E-state index contributed by atoms with van der Waals surface area (Å²) in [6, 6.07) is 11.3. The van der Waals surface area contributed by atoms with Crippen LogP contribution in [-0.4, -0.2) is 44.6 Å². The topological polar surface area (TPSA) is 59.7 Å². The molecule has 0 saturated carbocycles. The van der Waals surface area contributed by atoms with Crippen LogP contribution in [0.15, 0.2) is 42.6 Å². The lowest BCUT2D eigenvalue weighted by atomic mass is 9.97. The highest BCUT2D eigenvalue weighted by Gasteiger charge is 2.30. The van der Waals surface area contributed by atoms with Gasteiger partial charge >= 0.3 is 0 Å². The molecule has 1 aliphatic heterocycles. The fourth-order valence-electron chi connectivity index (χ4n) is 3.77. The van der Waals surface area contributed by atoms with Gasteiger partial charge in [0.2, 0.25) is 0 Å². The van der Waals surface area contributed by atoms with Gasteiger partial charge in [0.05, 0.1) is 0 Å². The second kappa shape index (κ2) is 7.80. The molecule has 1 fully saturated rings. The van der Waals surface area contributed by atoms with Crippen molar-refractivity contribution >= 4 is 23.2 Å². The number of fused-ring (bicyclic) bond motifs is 1. The van der Waals surface area contributed by atoms with Crippen LogP contribution in [0.25, 0.3) is 5.65 Å². The fourth-order valence-corrected chi connectivity index (χ4v) is 4.00. The average Bonchev–Trinajstić information content (AvgIpc) is 3.14. The molecule has 4 rings (SSSR count). The molecule has 1 saturated heterocycles. The van der Waals surface area contributed by atoms with Gasteiger partial charge in [0.1, 0.15) is 11.6 Å². The number of ether oxygens (including phenoxy) is 1. The molecule has 1 aromatic carbocycles. The Morgan fingerprint density at radius 3 is 2.96 bits per heavy atom. The number of hydrogen-bond acceptors (Lipinski definition) is 4. The minimum atomic E-state index is -0.561. The minimum absolute atomic E-state index is 0.00660. The maximum atomic E-state index is 13.0. The highest BCUT2D eigenvalue weighted by Crippen LogP contribution is 2.28. The molecule has 0 radical (unpaired) electrons. The molecule has 0 N–H and O–H groups in total. The normalized spacial score (nSPS) is 18.2. The van der Waals surface area contributed by atoms with Crippen molar-refractivity contribution < 1.29 is 9.53 Å². The Labute approximate surface area is 169 Å². The number of halogens is 1. The molecule has 2 atom stereocenters. The smallest absolute Gasteiger partial charge is 0.263 e. The van der Waals surface area contributed by atoms with Gasteiger partial charge in [-0.3, -0.25) is 9.20 Å². The van der Waals surface area contributed by atoms with Gasteiger partial charge in [0.15, 0.2) is 11.8 Å². The van der Waals surface area contributed by atoms with E-state index < -0.39 is 6.10 Å². The molecule has 2 unspecified atom stereocenters. The van der Waals surface area contributed by atoms with Gasteiger partial charge < -0.3 is 9.64 Å². The first-order valence-electron chi connectivity index (χ1n) is 9.54. The monoisotopic (exact) mass is 398 g/mol. The summed E-state index contributed by atoms with van der Waals surface area (Å²) in [6.45, 7) is 5.08. The summed E-state index contributed by atoms with van der Waals surface area (Å²) in [6.07, 6.45) is 3.34. The molecule has 0 aliphatic carbocycles. The highest BCUT2D eigenvalue weighted by atomic mass is 35.5. The van der Waals surface area contributed by atoms with Crippen LogP contribution in [0.1, 0.15) is 37.1 Å². The molecule has 1 amide bonds. The Hall–Kier alpha value is -2.60. The van der Waals surface area contributed by atoms with E-state index in [1.807, 2.05) is 52.8 Å². The maximum absolute atomic E-state index is 13.0.